The fourth-order valence-corrected chi connectivity index (χ4v) is 5.82. The summed E-state index contributed by atoms with van der Waals surface area (Å²) in [5.74, 6) is 1.81. The van der Waals surface area contributed by atoms with Crippen LogP contribution >= 0.6 is 0 Å². The molecule has 190 valence electrons. The van der Waals surface area contributed by atoms with Gasteiger partial charge in [-0.15, -0.1) is 0 Å². The Hall–Kier alpha value is -2.98. The number of ether oxygens (including phenoxy) is 1. The topological polar surface area (TPSA) is 100 Å². The van der Waals surface area contributed by atoms with Crippen LogP contribution in [-0.2, 0) is 4.79 Å². The fraction of sp³-hybridized carbons (Fsp3) is 0.600. The Kier molecular flexibility index (Phi) is 6.75. The van der Waals surface area contributed by atoms with Gasteiger partial charge in [0.25, 0.3) is 0 Å². The number of anilines is 2. The van der Waals surface area contributed by atoms with Gasteiger partial charge >= 0.3 is 0 Å². The summed E-state index contributed by atoms with van der Waals surface area (Å²) in [5, 5.41) is 18.5. The van der Waals surface area contributed by atoms with Crippen molar-refractivity contribution in [3.8, 4) is 5.88 Å². The number of amides is 1. The first-order valence-electron chi connectivity index (χ1n) is 12.8. The molecular formula is C25H37N7O3. The van der Waals surface area contributed by atoms with Gasteiger partial charge in [-0.2, -0.15) is 4.98 Å². The van der Waals surface area contributed by atoms with Crippen LogP contribution in [0.2, 0.25) is 0 Å². The average Bonchev–Trinajstić information content (AvgIpc) is 3.21. The summed E-state index contributed by atoms with van der Waals surface area (Å²) in [6.07, 6.45) is 9.84. The lowest BCUT2D eigenvalue weighted by atomic mass is 9.86. The van der Waals surface area contributed by atoms with E-state index in [1.54, 1.807) is 14.0 Å². The number of rotatable bonds is 5. The van der Waals surface area contributed by atoms with Crippen molar-refractivity contribution in [2.24, 2.45) is 5.92 Å². The quantitative estimate of drug-likeness (QED) is 0.541. The number of likely N-dealkylation sites (N-methyl/N-ethyl adjacent to an activating group) is 1. The second-order valence-corrected chi connectivity index (χ2v) is 10.0. The molecule has 1 aromatic heterocycles. The largest absolute Gasteiger partial charge is 0.627 e. The second-order valence-electron chi connectivity index (χ2n) is 10.0. The molecule has 35 heavy (non-hydrogen) atoms. The van der Waals surface area contributed by atoms with Gasteiger partial charge in [0.05, 0.1) is 12.8 Å². The van der Waals surface area contributed by atoms with Crippen LogP contribution in [0.5, 0.6) is 5.88 Å². The van der Waals surface area contributed by atoms with Gasteiger partial charge in [-0.1, -0.05) is 19.3 Å². The average molecular weight is 484 g/mol. The molecule has 5 rings (SSSR count). The molecule has 3 N–H and O–H groups in total. The molecule has 0 bridgehead atoms. The number of hydroxylamine groups is 2. The van der Waals surface area contributed by atoms with Crippen LogP contribution in [0.15, 0.2) is 35.4 Å². The van der Waals surface area contributed by atoms with Gasteiger partial charge in [-0.25, -0.2) is 0 Å². The Morgan fingerprint density at radius 2 is 1.94 bits per heavy atom. The monoisotopic (exact) mass is 483 g/mol. The Bertz CT molecular complexity index is 1010. The molecule has 3 aliphatic heterocycles. The van der Waals surface area contributed by atoms with E-state index in [1.807, 2.05) is 35.3 Å². The SMILES string of the molecule is COc1nc(N2CCC(NC(C)=O)CC2)ccc1N1C=C2C(=C(C3CCCCC3)NN2C)[NH+]([O-])C1. The highest BCUT2D eigenvalue weighted by atomic mass is 16.5. The lowest BCUT2D eigenvalue weighted by Gasteiger charge is -2.36. The molecule has 1 amide bonds. The predicted octanol–water partition coefficient (Wildman–Crippen LogP) is 1.44. The number of carbonyl (C=O) groups is 1. The van der Waals surface area contributed by atoms with E-state index in [2.05, 4.69) is 15.6 Å². The Morgan fingerprint density at radius 1 is 1.20 bits per heavy atom. The van der Waals surface area contributed by atoms with E-state index < -0.39 is 0 Å². The number of pyridine rings is 1. The molecule has 1 saturated heterocycles. The van der Waals surface area contributed by atoms with E-state index >= 15 is 0 Å². The minimum Gasteiger partial charge on any atom is -0.627 e. The number of aromatic nitrogens is 1. The van der Waals surface area contributed by atoms with E-state index in [0.717, 1.165) is 67.4 Å². The summed E-state index contributed by atoms with van der Waals surface area (Å²) in [7, 11) is 3.59. The number of quaternary nitrogens is 1. The summed E-state index contributed by atoms with van der Waals surface area (Å²) in [5.41, 5.74) is 7.12. The molecule has 0 spiro atoms. The normalized spacial score (nSPS) is 23.7. The molecule has 1 atom stereocenters. The summed E-state index contributed by atoms with van der Waals surface area (Å²) in [6, 6.07) is 4.20. The number of nitrogens with zero attached hydrogens (tertiary/aromatic N) is 4. The third-order valence-corrected chi connectivity index (χ3v) is 7.61. The van der Waals surface area contributed by atoms with Gasteiger partial charge in [-0.05, 0) is 37.8 Å². The zero-order valence-corrected chi connectivity index (χ0v) is 21.0. The maximum atomic E-state index is 13.4. The lowest BCUT2D eigenvalue weighted by Crippen LogP contribution is -3.08. The molecule has 2 fully saturated rings. The lowest BCUT2D eigenvalue weighted by molar-refractivity contribution is -0.805. The molecule has 10 heteroatoms. The van der Waals surface area contributed by atoms with Crippen LogP contribution in [0.4, 0.5) is 11.5 Å². The van der Waals surface area contributed by atoms with Gasteiger partial charge in [0.2, 0.25) is 11.8 Å². The zero-order chi connectivity index (χ0) is 24.5. The van der Waals surface area contributed by atoms with Crippen molar-refractivity contribution >= 4 is 17.4 Å². The van der Waals surface area contributed by atoms with Gasteiger partial charge < -0.3 is 25.2 Å². The summed E-state index contributed by atoms with van der Waals surface area (Å²) < 4.78 is 5.68. The summed E-state index contributed by atoms with van der Waals surface area (Å²) in [6.45, 7) is 3.47. The smallest absolute Gasteiger partial charge is 0.239 e. The molecule has 1 saturated carbocycles. The van der Waals surface area contributed by atoms with Crippen LogP contribution in [-0.4, -0.2) is 55.9 Å². The van der Waals surface area contributed by atoms with E-state index in [9.17, 15) is 10.0 Å². The standard InChI is InChI=1S/C25H37N7O3/c1-17(33)26-19-11-13-30(14-12-19)22-10-9-20(25(27-22)35-3)31-15-21-24(32(34)16-31)23(28-29(21)2)18-7-5-4-6-8-18/h9-10,15,18-19,28,32H,4-8,11-14,16H2,1-3H3,(H,26,33). The second kappa shape index (κ2) is 9.94. The van der Waals surface area contributed by atoms with Crippen molar-refractivity contribution in [1.29, 1.82) is 0 Å². The third-order valence-electron chi connectivity index (χ3n) is 7.61. The Labute approximate surface area is 207 Å². The number of hydrazine groups is 1. The number of piperidine rings is 1. The van der Waals surface area contributed by atoms with E-state index in [0.29, 0.717) is 11.8 Å². The van der Waals surface area contributed by atoms with E-state index in [1.165, 1.54) is 19.3 Å². The first kappa shape index (κ1) is 23.7. The van der Waals surface area contributed by atoms with Crippen molar-refractivity contribution in [2.75, 3.05) is 43.7 Å². The molecule has 0 radical (unpaired) electrons. The molecule has 10 nitrogen and oxygen atoms in total. The van der Waals surface area contributed by atoms with Crippen molar-refractivity contribution in [1.82, 2.24) is 20.7 Å². The Balaban J connectivity index is 1.36. The highest BCUT2D eigenvalue weighted by Crippen LogP contribution is 2.36. The minimum absolute atomic E-state index is 0.0183. The third kappa shape index (κ3) is 4.77. The first-order chi connectivity index (χ1) is 16.9. The number of hydrogen-bond donors (Lipinski definition) is 3. The van der Waals surface area contributed by atoms with Crippen LogP contribution in [0.3, 0.4) is 0 Å². The molecule has 4 aliphatic rings. The number of nitrogens with one attached hydrogen (secondary N) is 3. The fourth-order valence-electron chi connectivity index (χ4n) is 5.82. The number of hydrogen-bond acceptors (Lipinski definition) is 8. The summed E-state index contributed by atoms with van der Waals surface area (Å²) >= 11 is 0. The molecule has 0 aromatic carbocycles. The van der Waals surface area contributed by atoms with Crippen LogP contribution < -0.4 is 30.3 Å². The number of carbonyl (C=O) groups excluding carboxylic acids is 1. The van der Waals surface area contributed by atoms with Gasteiger partial charge in [0.15, 0.2) is 12.4 Å². The maximum Gasteiger partial charge on any atom is 0.239 e. The summed E-state index contributed by atoms with van der Waals surface area (Å²) in [4.78, 5) is 20.3. The predicted molar refractivity (Wildman–Crippen MR) is 134 cm³/mol. The number of fused-ring (bicyclic) bond motifs is 1. The molecule has 4 heterocycles. The number of allylic oxidation sites excluding steroid dienone is 1. The first-order valence-corrected chi connectivity index (χ1v) is 12.8. The van der Waals surface area contributed by atoms with Gasteiger partial charge in [0.1, 0.15) is 17.2 Å². The molecule has 1 aromatic rings. The van der Waals surface area contributed by atoms with Gasteiger partial charge in [-0.3, -0.25) is 20.1 Å². The highest BCUT2D eigenvalue weighted by Gasteiger charge is 2.38. The van der Waals surface area contributed by atoms with Crippen LogP contribution in [0.25, 0.3) is 0 Å². The van der Waals surface area contributed by atoms with Gasteiger partial charge in [0, 0.05) is 45.2 Å². The van der Waals surface area contributed by atoms with E-state index in [4.69, 9.17) is 9.72 Å². The highest BCUT2D eigenvalue weighted by molar-refractivity contribution is 5.73. The Morgan fingerprint density at radius 3 is 2.63 bits per heavy atom. The zero-order valence-electron chi connectivity index (χ0n) is 21.0. The molecule has 1 unspecified atom stereocenters. The van der Waals surface area contributed by atoms with Crippen molar-refractivity contribution in [2.45, 2.75) is 57.9 Å². The molecular weight excluding hydrogens is 446 g/mol. The van der Waals surface area contributed by atoms with E-state index in [-0.39, 0.29) is 23.7 Å². The van der Waals surface area contributed by atoms with Crippen molar-refractivity contribution in [3.63, 3.8) is 0 Å². The molecule has 1 aliphatic carbocycles. The van der Waals surface area contributed by atoms with Crippen LogP contribution in [0.1, 0.15) is 51.9 Å². The minimum atomic E-state index is 0.0183. The maximum absolute atomic E-state index is 13.4. The van der Waals surface area contributed by atoms with Crippen LogP contribution in [0, 0.1) is 11.1 Å². The number of methoxy groups -OCH3 is 1. The van der Waals surface area contributed by atoms with Crippen molar-refractivity contribution in [3.05, 3.63) is 40.6 Å². The van der Waals surface area contributed by atoms with Crippen molar-refractivity contribution < 1.29 is 14.6 Å².